The van der Waals surface area contributed by atoms with E-state index >= 15 is 0 Å². The Bertz CT molecular complexity index is 409. The first-order chi connectivity index (χ1) is 11.2. The molecule has 11 heteroatoms. The zero-order chi connectivity index (χ0) is 19.1. The first-order valence-corrected chi connectivity index (χ1v) is 6.74. The molecule has 0 aromatic rings. The molecular weight excluding hydrogens is 328 g/mol. The van der Waals surface area contributed by atoms with E-state index in [1.165, 1.54) is 0 Å². The van der Waals surface area contributed by atoms with Gasteiger partial charge < -0.3 is 25.4 Å². The van der Waals surface area contributed by atoms with Crippen LogP contribution in [-0.2, 0) is 33.4 Å². The van der Waals surface area contributed by atoms with Crippen LogP contribution in [0, 0.1) is 0 Å². The molecule has 1 aliphatic rings. The largest absolute Gasteiger partial charge is 0.481 e. The van der Waals surface area contributed by atoms with E-state index in [0.717, 1.165) is 0 Å². The third-order valence-electron chi connectivity index (χ3n) is 2.33. The van der Waals surface area contributed by atoms with Crippen LogP contribution < -0.4 is 11.1 Å². The number of amides is 2. The highest BCUT2D eigenvalue weighted by Gasteiger charge is 2.26. The molecule has 138 valence electrons. The second kappa shape index (κ2) is 14.2. The summed E-state index contributed by atoms with van der Waals surface area (Å²) in [5.41, 5.74) is 5.14. The number of methoxy groups -OCH3 is 2. The van der Waals surface area contributed by atoms with E-state index in [1.807, 2.05) is 5.32 Å². The molecule has 1 aliphatic heterocycles. The normalized spacial score (nSPS) is 12.8. The Kier molecular flexibility index (Phi) is 14.2. The van der Waals surface area contributed by atoms with Gasteiger partial charge in [0.05, 0.1) is 6.42 Å². The predicted molar refractivity (Wildman–Crippen MR) is 78.8 cm³/mol. The molecule has 1 heterocycles. The number of hydrogen-bond donors (Lipinski definition) is 4. The number of nitrogens with one attached hydrogen (secondary N) is 1. The van der Waals surface area contributed by atoms with E-state index in [1.54, 1.807) is 14.2 Å². The van der Waals surface area contributed by atoms with Gasteiger partial charge in [-0.1, -0.05) is 0 Å². The first-order valence-electron chi connectivity index (χ1n) is 6.74. The topological polar surface area (TPSA) is 182 Å². The molecule has 11 nitrogen and oxygen atoms in total. The number of carbonyl (C=O) groups excluding carboxylic acids is 3. The summed E-state index contributed by atoms with van der Waals surface area (Å²) in [6.45, 7) is 0.410. The number of carboxylic acids is 2. The van der Waals surface area contributed by atoms with E-state index in [9.17, 15) is 24.0 Å². The van der Waals surface area contributed by atoms with Crippen molar-refractivity contribution in [3.63, 3.8) is 0 Å². The highest BCUT2D eigenvalue weighted by atomic mass is 16.7. The third-order valence-corrected chi connectivity index (χ3v) is 2.33. The summed E-state index contributed by atoms with van der Waals surface area (Å²) in [5.74, 6) is -3.82. The van der Waals surface area contributed by atoms with Crippen LogP contribution in [0.1, 0.15) is 25.7 Å². The molecule has 0 unspecified atom stereocenters. The molecule has 24 heavy (non-hydrogen) atoms. The van der Waals surface area contributed by atoms with Gasteiger partial charge in [-0.3, -0.25) is 29.3 Å². The second-order valence-corrected chi connectivity index (χ2v) is 4.25. The molecule has 0 saturated carbocycles. The van der Waals surface area contributed by atoms with Gasteiger partial charge in [0.2, 0.25) is 11.7 Å². The SMILES string of the molecule is COC(CN)OC.O=C(O)CCCC(=O)O.O=C1CC(=O)C(=O)N1. The summed E-state index contributed by atoms with van der Waals surface area (Å²) < 4.78 is 9.40. The van der Waals surface area contributed by atoms with Crippen LogP contribution in [0.25, 0.3) is 0 Å². The highest BCUT2D eigenvalue weighted by molar-refractivity contribution is 6.46. The molecule has 0 atom stereocenters. The van der Waals surface area contributed by atoms with Crippen molar-refractivity contribution in [3.8, 4) is 0 Å². The lowest BCUT2D eigenvalue weighted by Crippen LogP contribution is -2.23. The Labute approximate surface area is 138 Å². The van der Waals surface area contributed by atoms with Crippen LogP contribution in [0.4, 0.5) is 0 Å². The first kappa shape index (κ1) is 23.9. The quantitative estimate of drug-likeness (QED) is 0.182. The summed E-state index contributed by atoms with van der Waals surface area (Å²) in [7, 11) is 3.11. The number of Topliss-reactive ketones (excluding diaryl/α,β-unsaturated/α-hetero) is 1. The lowest BCUT2D eigenvalue weighted by molar-refractivity contribution is -0.138. The molecule has 0 aromatic heterocycles. The predicted octanol–water partition coefficient (Wildman–Crippen LogP) is -1.51. The van der Waals surface area contributed by atoms with Gasteiger partial charge >= 0.3 is 11.9 Å². The number of hydrogen-bond acceptors (Lipinski definition) is 8. The Morgan fingerprint density at radius 3 is 1.71 bits per heavy atom. The van der Waals surface area contributed by atoms with E-state index in [-0.39, 0.29) is 32.0 Å². The van der Waals surface area contributed by atoms with Crippen LogP contribution >= 0.6 is 0 Å². The Balaban J connectivity index is 0. The highest BCUT2D eigenvalue weighted by Crippen LogP contribution is 1.93. The summed E-state index contributed by atoms with van der Waals surface area (Å²) in [6.07, 6.45) is -0.428. The summed E-state index contributed by atoms with van der Waals surface area (Å²) >= 11 is 0. The van der Waals surface area contributed by atoms with Crippen molar-refractivity contribution >= 4 is 29.5 Å². The lowest BCUT2D eigenvalue weighted by Gasteiger charge is -2.08. The summed E-state index contributed by atoms with van der Waals surface area (Å²) in [5, 5.41) is 17.9. The maximum Gasteiger partial charge on any atom is 0.303 e. The van der Waals surface area contributed by atoms with Crippen LogP contribution in [0.15, 0.2) is 0 Å². The van der Waals surface area contributed by atoms with Crippen molar-refractivity contribution < 1.29 is 43.7 Å². The van der Waals surface area contributed by atoms with E-state index in [4.69, 9.17) is 25.4 Å². The van der Waals surface area contributed by atoms with Crippen molar-refractivity contribution in [2.24, 2.45) is 5.73 Å². The zero-order valence-corrected chi connectivity index (χ0v) is 13.4. The molecule has 1 saturated heterocycles. The fourth-order valence-corrected chi connectivity index (χ4v) is 1.15. The fourth-order valence-electron chi connectivity index (χ4n) is 1.15. The Morgan fingerprint density at radius 1 is 1.12 bits per heavy atom. The van der Waals surface area contributed by atoms with Gasteiger partial charge in [-0.25, -0.2) is 0 Å². The number of aliphatic carboxylic acids is 2. The number of carbonyl (C=O) groups is 5. The van der Waals surface area contributed by atoms with Crippen molar-refractivity contribution in [2.75, 3.05) is 20.8 Å². The number of ketones is 1. The minimum Gasteiger partial charge on any atom is -0.481 e. The van der Waals surface area contributed by atoms with Crippen molar-refractivity contribution in [3.05, 3.63) is 0 Å². The zero-order valence-electron chi connectivity index (χ0n) is 13.4. The lowest BCUT2D eigenvalue weighted by atomic mass is 10.2. The van der Waals surface area contributed by atoms with Gasteiger partial charge in [0.1, 0.15) is 0 Å². The Morgan fingerprint density at radius 2 is 1.58 bits per heavy atom. The van der Waals surface area contributed by atoms with E-state index < -0.39 is 29.5 Å². The van der Waals surface area contributed by atoms with Gasteiger partial charge in [0.15, 0.2) is 6.29 Å². The van der Waals surface area contributed by atoms with Crippen molar-refractivity contribution in [1.29, 1.82) is 0 Å². The van der Waals surface area contributed by atoms with Gasteiger partial charge in [-0.2, -0.15) is 0 Å². The van der Waals surface area contributed by atoms with E-state index in [2.05, 4.69) is 0 Å². The molecule has 0 spiro atoms. The van der Waals surface area contributed by atoms with Crippen LogP contribution in [0.3, 0.4) is 0 Å². The second-order valence-electron chi connectivity index (χ2n) is 4.25. The molecule has 0 aliphatic carbocycles. The average molecular weight is 350 g/mol. The number of nitrogens with two attached hydrogens (primary N) is 1. The van der Waals surface area contributed by atoms with Crippen molar-refractivity contribution in [1.82, 2.24) is 5.32 Å². The maximum absolute atomic E-state index is 10.2. The number of imide groups is 1. The molecule has 1 fully saturated rings. The minimum atomic E-state index is -0.948. The average Bonchev–Trinajstić information content (AvgIpc) is 2.78. The monoisotopic (exact) mass is 350 g/mol. The number of carboxylic acid groups (broad SMARTS) is 2. The molecule has 0 radical (unpaired) electrons. The summed E-state index contributed by atoms with van der Waals surface area (Å²) in [6, 6.07) is 0. The molecule has 5 N–H and O–H groups in total. The molecule has 0 aromatic carbocycles. The molecule has 2 amide bonds. The van der Waals surface area contributed by atoms with Crippen molar-refractivity contribution in [2.45, 2.75) is 32.0 Å². The van der Waals surface area contributed by atoms with Crippen LogP contribution in [0.2, 0.25) is 0 Å². The maximum atomic E-state index is 10.2. The standard InChI is InChI=1S/C5H8O4.C4H3NO3.C4H11NO2/c6-4(7)2-1-3-5(8)9;6-2-1-3(7)5-4(2)8;1-6-4(3-5)7-2/h1-3H2,(H,6,7)(H,8,9);1H2,(H,5,7,8);4H,3,5H2,1-2H3. The Hall–Kier alpha value is -2.37. The molecule has 0 bridgehead atoms. The number of ether oxygens (including phenoxy) is 2. The fraction of sp³-hybridized carbons (Fsp3) is 0.615. The smallest absolute Gasteiger partial charge is 0.303 e. The number of rotatable bonds is 7. The molecule has 1 rings (SSSR count). The van der Waals surface area contributed by atoms with Gasteiger partial charge in [0.25, 0.3) is 5.91 Å². The third kappa shape index (κ3) is 14.6. The summed E-state index contributed by atoms with van der Waals surface area (Å²) in [4.78, 5) is 49.9. The van der Waals surface area contributed by atoms with Gasteiger partial charge in [-0.15, -0.1) is 0 Å². The van der Waals surface area contributed by atoms with Crippen LogP contribution in [-0.4, -0.2) is 66.8 Å². The van der Waals surface area contributed by atoms with Gasteiger partial charge in [0, 0.05) is 33.6 Å². The minimum absolute atomic E-state index is 0.0632. The van der Waals surface area contributed by atoms with Crippen LogP contribution in [0.5, 0.6) is 0 Å². The van der Waals surface area contributed by atoms with Gasteiger partial charge in [-0.05, 0) is 6.42 Å². The van der Waals surface area contributed by atoms with E-state index in [0.29, 0.717) is 6.54 Å². The molecular formula is C13H22N2O9.